The van der Waals surface area contributed by atoms with Crippen LogP contribution in [0.25, 0.3) is 0 Å². The minimum absolute atomic E-state index is 0.255. The van der Waals surface area contributed by atoms with Gasteiger partial charge in [-0.2, -0.15) is 0 Å². The molecule has 0 aromatic rings. The average Bonchev–Trinajstić information content (AvgIpc) is 2.09. The first-order chi connectivity index (χ1) is 6.38. The van der Waals surface area contributed by atoms with Crippen LogP contribution in [0.1, 0.15) is 40.5 Å². The SMILES string of the molecule is C=CCC[C@@H](C)/C=N/[S@+]([O-])C(C)(C)C. The molecule has 0 aliphatic rings. The molecule has 0 radical (unpaired) electrons. The molecule has 0 heterocycles. The first kappa shape index (κ1) is 13.7. The highest BCUT2D eigenvalue weighted by Gasteiger charge is 2.25. The summed E-state index contributed by atoms with van der Waals surface area (Å²) in [6.45, 7) is 11.5. The van der Waals surface area contributed by atoms with Gasteiger partial charge in [-0.3, -0.25) is 0 Å². The van der Waals surface area contributed by atoms with Crippen molar-refractivity contribution in [2.75, 3.05) is 0 Å². The molecule has 0 bridgehead atoms. The Morgan fingerprint density at radius 3 is 2.50 bits per heavy atom. The number of rotatable bonds is 5. The van der Waals surface area contributed by atoms with Gasteiger partial charge >= 0.3 is 0 Å². The molecule has 0 fully saturated rings. The predicted molar refractivity (Wildman–Crippen MR) is 65.0 cm³/mol. The molecule has 0 saturated carbocycles. The topological polar surface area (TPSA) is 35.4 Å². The van der Waals surface area contributed by atoms with E-state index in [1.54, 1.807) is 6.21 Å². The summed E-state index contributed by atoms with van der Waals surface area (Å²) < 4.78 is 15.3. The van der Waals surface area contributed by atoms with E-state index in [-0.39, 0.29) is 4.75 Å². The summed E-state index contributed by atoms with van der Waals surface area (Å²) in [4.78, 5) is 0. The molecule has 2 nitrogen and oxygen atoms in total. The van der Waals surface area contributed by atoms with Crippen LogP contribution >= 0.6 is 0 Å². The van der Waals surface area contributed by atoms with Gasteiger partial charge in [-0.25, -0.2) is 0 Å². The maximum atomic E-state index is 11.5. The highest BCUT2D eigenvalue weighted by molar-refractivity contribution is 7.91. The smallest absolute Gasteiger partial charge is 0.144 e. The van der Waals surface area contributed by atoms with Gasteiger partial charge in [0.15, 0.2) is 0 Å². The Morgan fingerprint density at radius 1 is 1.50 bits per heavy atom. The highest BCUT2D eigenvalue weighted by Crippen LogP contribution is 2.17. The molecule has 0 saturated heterocycles. The lowest BCUT2D eigenvalue weighted by Gasteiger charge is -2.18. The molecule has 0 rings (SSSR count). The van der Waals surface area contributed by atoms with Crippen molar-refractivity contribution in [2.24, 2.45) is 10.3 Å². The molecule has 14 heavy (non-hydrogen) atoms. The predicted octanol–water partition coefficient (Wildman–Crippen LogP) is 3.12. The normalized spacial score (nSPS) is 16.9. The van der Waals surface area contributed by atoms with Gasteiger partial charge in [-0.1, -0.05) is 17.4 Å². The fourth-order valence-corrected chi connectivity index (χ4v) is 1.41. The molecule has 0 aromatic carbocycles. The lowest BCUT2D eigenvalue weighted by molar-refractivity contribution is 0.561. The molecule has 0 aliphatic carbocycles. The zero-order chi connectivity index (χ0) is 11.2. The Kier molecular flexibility index (Phi) is 6.12. The van der Waals surface area contributed by atoms with Crippen LogP contribution in [0.3, 0.4) is 0 Å². The first-order valence-electron chi connectivity index (χ1n) is 4.95. The second-order valence-corrected chi connectivity index (χ2v) is 6.39. The van der Waals surface area contributed by atoms with E-state index in [9.17, 15) is 4.55 Å². The average molecular weight is 215 g/mol. The third-order valence-electron chi connectivity index (χ3n) is 1.76. The van der Waals surface area contributed by atoms with Crippen LogP contribution in [0.4, 0.5) is 0 Å². The van der Waals surface area contributed by atoms with Crippen molar-refractivity contribution in [3.63, 3.8) is 0 Å². The molecule has 0 N–H and O–H groups in total. The second kappa shape index (κ2) is 6.25. The molecule has 82 valence electrons. The summed E-state index contributed by atoms with van der Waals surface area (Å²) in [5.74, 6) is 0.374. The Balaban J connectivity index is 3.97. The van der Waals surface area contributed by atoms with Gasteiger partial charge in [-0.15, -0.1) is 6.58 Å². The van der Waals surface area contributed by atoms with Gasteiger partial charge in [0.25, 0.3) is 0 Å². The van der Waals surface area contributed by atoms with Crippen LogP contribution in [0.2, 0.25) is 0 Å². The maximum absolute atomic E-state index is 11.5. The molecule has 0 amide bonds. The molecule has 3 heteroatoms. The van der Waals surface area contributed by atoms with Gasteiger partial charge in [0.05, 0.1) is 6.21 Å². The van der Waals surface area contributed by atoms with Crippen LogP contribution in [0, 0.1) is 5.92 Å². The monoisotopic (exact) mass is 215 g/mol. The van der Waals surface area contributed by atoms with Crippen LogP contribution in [-0.2, 0) is 11.4 Å². The molecule has 0 aliphatic heterocycles. The number of hydrogen-bond acceptors (Lipinski definition) is 2. The van der Waals surface area contributed by atoms with Crippen molar-refractivity contribution in [2.45, 2.75) is 45.3 Å². The van der Waals surface area contributed by atoms with E-state index < -0.39 is 11.4 Å². The van der Waals surface area contributed by atoms with E-state index in [1.165, 1.54) is 0 Å². The number of hydrogen-bond donors (Lipinski definition) is 0. The lowest BCUT2D eigenvalue weighted by Crippen LogP contribution is -2.26. The van der Waals surface area contributed by atoms with Crippen molar-refractivity contribution < 1.29 is 4.55 Å². The van der Waals surface area contributed by atoms with E-state index in [4.69, 9.17) is 0 Å². The van der Waals surface area contributed by atoms with Crippen molar-refractivity contribution >= 4 is 17.6 Å². The Morgan fingerprint density at radius 2 is 2.07 bits per heavy atom. The highest BCUT2D eigenvalue weighted by atomic mass is 32.2. The summed E-state index contributed by atoms with van der Waals surface area (Å²) in [6.07, 6.45) is 5.69. The molecule has 0 aromatic heterocycles. The summed E-state index contributed by atoms with van der Waals surface area (Å²) in [5, 5.41) is 0. The fourth-order valence-electron chi connectivity index (χ4n) is 0.773. The third-order valence-corrected chi connectivity index (χ3v) is 3.12. The van der Waals surface area contributed by atoms with Crippen LogP contribution in [-0.4, -0.2) is 15.5 Å². The minimum atomic E-state index is -1.12. The van der Waals surface area contributed by atoms with Crippen LogP contribution in [0.5, 0.6) is 0 Å². The summed E-state index contributed by atoms with van der Waals surface area (Å²) in [7, 11) is 0. The summed E-state index contributed by atoms with van der Waals surface area (Å²) in [5.41, 5.74) is 0. The van der Waals surface area contributed by atoms with E-state index >= 15 is 0 Å². The molecule has 0 spiro atoms. The number of nitrogens with zero attached hydrogens (tertiary/aromatic N) is 1. The van der Waals surface area contributed by atoms with Crippen molar-refractivity contribution in [1.29, 1.82) is 0 Å². The van der Waals surface area contributed by atoms with E-state index in [0.717, 1.165) is 12.8 Å². The van der Waals surface area contributed by atoms with Gasteiger partial charge in [-0.05, 0) is 39.5 Å². The molecular formula is C11H21NOS. The zero-order valence-corrected chi connectivity index (χ0v) is 10.4. The van der Waals surface area contributed by atoms with E-state index in [0.29, 0.717) is 5.92 Å². The summed E-state index contributed by atoms with van der Waals surface area (Å²) >= 11 is -1.12. The van der Waals surface area contributed by atoms with Crippen LogP contribution < -0.4 is 0 Å². The fraction of sp³-hybridized carbons (Fsp3) is 0.727. The van der Waals surface area contributed by atoms with E-state index in [2.05, 4.69) is 17.9 Å². The largest absolute Gasteiger partial charge is 0.591 e. The Bertz CT molecular complexity index is 196. The third kappa shape index (κ3) is 6.22. The van der Waals surface area contributed by atoms with Gasteiger partial charge in [0.1, 0.15) is 16.1 Å². The molecular weight excluding hydrogens is 194 g/mol. The maximum Gasteiger partial charge on any atom is 0.144 e. The standard InChI is InChI=1S/C11H21NOS/c1-6-7-8-10(2)9-12-14(13)11(3,4)5/h6,9-10H,1,7-8H2,2-5H3/b12-9+/t10-,14-/m1/s1. The molecule has 0 unspecified atom stereocenters. The Labute approximate surface area is 90.8 Å². The molecule has 2 atom stereocenters. The number of allylic oxidation sites excluding steroid dienone is 1. The van der Waals surface area contributed by atoms with Crippen molar-refractivity contribution in [3.8, 4) is 0 Å². The van der Waals surface area contributed by atoms with Gasteiger partial charge in [0, 0.05) is 0 Å². The zero-order valence-electron chi connectivity index (χ0n) is 9.62. The lowest BCUT2D eigenvalue weighted by atomic mass is 10.1. The van der Waals surface area contributed by atoms with Gasteiger partial charge < -0.3 is 4.55 Å². The first-order valence-corrected chi connectivity index (χ1v) is 6.05. The van der Waals surface area contributed by atoms with Gasteiger partial charge in [0.2, 0.25) is 0 Å². The second-order valence-electron chi connectivity index (χ2n) is 4.46. The van der Waals surface area contributed by atoms with E-state index in [1.807, 2.05) is 26.8 Å². The quantitative estimate of drug-likeness (QED) is 0.394. The van der Waals surface area contributed by atoms with Crippen molar-refractivity contribution in [3.05, 3.63) is 12.7 Å². The van der Waals surface area contributed by atoms with Crippen molar-refractivity contribution in [1.82, 2.24) is 0 Å². The summed E-state index contributed by atoms with van der Waals surface area (Å²) in [6, 6.07) is 0. The Hall–Kier alpha value is -0.280. The van der Waals surface area contributed by atoms with Crippen LogP contribution in [0.15, 0.2) is 17.1 Å². The minimum Gasteiger partial charge on any atom is -0.591 e.